The van der Waals surface area contributed by atoms with E-state index in [4.69, 9.17) is 15.8 Å². The molecule has 2 rings (SSSR count). The predicted octanol–water partition coefficient (Wildman–Crippen LogP) is 3.18. The third-order valence-corrected chi connectivity index (χ3v) is 3.14. The van der Waals surface area contributed by atoms with Crippen molar-refractivity contribution in [3.05, 3.63) is 38.9 Å². The third kappa shape index (κ3) is 2.46. The lowest BCUT2D eigenvalue weighted by Crippen LogP contribution is -2.17. The lowest BCUT2D eigenvalue weighted by Gasteiger charge is -2.10. The van der Waals surface area contributed by atoms with Crippen molar-refractivity contribution in [2.45, 2.75) is 6.92 Å². The van der Waals surface area contributed by atoms with E-state index in [1.807, 2.05) is 0 Å². The summed E-state index contributed by atoms with van der Waals surface area (Å²) < 4.78 is 18.7. The number of Topliss-reactive ketones (excluding diaryl/α,β-unsaturated/α-hetero) is 1. The Kier molecular flexibility index (Phi) is 3.82. The van der Waals surface area contributed by atoms with Crippen molar-refractivity contribution in [3.8, 4) is 5.75 Å². The maximum Gasteiger partial charge on any atom is 0.263 e. The normalized spacial score (nSPS) is 10.7. The molecule has 0 aliphatic carbocycles. The highest BCUT2D eigenvalue weighted by molar-refractivity contribution is 7.94. The molecule has 100 valence electrons. The summed E-state index contributed by atoms with van der Waals surface area (Å²) in [5, 5.41) is 0.303. The first-order valence-electron chi connectivity index (χ1n) is 5.22. The molecule has 0 aliphatic heterocycles. The maximum absolute atomic E-state index is 13.4. The topological polar surface area (TPSA) is 59.2 Å². The predicted molar refractivity (Wildman–Crippen MR) is 73.7 cm³/mol. The Morgan fingerprint density at radius 2 is 2.16 bits per heavy atom. The Bertz CT molecular complexity index is 729. The number of pyridine rings is 1. The summed E-state index contributed by atoms with van der Waals surface area (Å²) in [6.45, 7) is 1.24. The monoisotopic (exact) mass is 301 g/mol. The van der Waals surface area contributed by atoms with Gasteiger partial charge in [0.15, 0.2) is 11.5 Å². The Morgan fingerprint density at radius 3 is 2.74 bits per heavy atom. The van der Waals surface area contributed by atoms with E-state index < -0.39 is 17.2 Å². The number of fused-ring (bicyclic) bond motifs is 1. The van der Waals surface area contributed by atoms with Crippen LogP contribution < -0.4 is 9.74 Å². The fourth-order valence-corrected chi connectivity index (χ4v) is 2.38. The number of benzene rings is 1. The van der Waals surface area contributed by atoms with E-state index in [9.17, 15) is 14.0 Å². The summed E-state index contributed by atoms with van der Waals surface area (Å²) in [4.78, 5) is 25.9. The molecule has 0 aliphatic rings. The number of nitrogens with one attached hydrogen (secondary N) is 1. The van der Waals surface area contributed by atoms with Gasteiger partial charge in [-0.15, -0.1) is 0 Å². The van der Waals surface area contributed by atoms with Crippen LogP contribution in [0.15, 0.2) is 16.9 Å². The average Bonchev–Trinajstić information content (AvgIpc) is 2.30. The van der Waals surface area contributed by atoms with Crippen LogP contribution in [0.1, 0.15) is 17.3 Å². The Hall–Kier alpha value is -1.53. The van der Waals surface area contributed by atoms with Crippen molar-refractivity contribution in [1.82, 2.24) is 4.98 Å². The van der Waals surface area contributed by atoms with E-state index in [0.717, 1.165) is 24.2 Å². The van der Waals surface area contributed by atoms with Crippen molar-refractivity contribution >= 4 is 40.3 Å². The maximum atomic E-state index is 13.4. The van der Waals surface area contributed by atoms with E-state index >= 15 is 0 Å². The largest absolute Gasteiger partial charge is 0.424 e. The number of carbonyl (C=O) groups excluding carboxylic acids is 1. The molecule has 1 heterocycles. The minimum atomic E-state index is -0.613. The van der Waals surface area contributed by atoms with Gasteiger partial charge in [0.25, 0.3) is 5.56 Å². The lowest BCUT2D eigenvalue weighted by molar-refractivity contribution is 0.101. The van der Waals surface area contributed by atoms with Gasteiger partial charge in [0.1, 0.15) is 11.4 Å². The lowest BCUT2D eigenvalue weighted by atomic mass is 10.1. The highest BCUT2D eigenvalue weighted by Gasteiger charge is 2.20. The smallest absolute Gasteiger partial charge is 0.263 e. The van der Waals surface area contributed by atoms with Crippen LogP contribution in [0, 0.1) is 5.82 Å². The molecule has 1 N–H and O–H groups in total. The molecule has 0 bridgehead atoms. The second-order valence-electron chi connectivity index (χ2n) is 3.77. The third-order valence-electron chi connectivity index (χ3n) is 2.51. The highest BCUT2D eigenvalue weighted by Crippen LogP contribution is 2.33. The zero-order valence-electron chi connectivity index (χ0n) is 10.0. The van der Waals surface area contributed by atoms with Gasteiger partial charge in [0, 0.05) is 11.6 Å². The van der Waals surface area contributed by atoms with Gasteiger partial charge in [-0.25, -0.2) is 4.39 Å². The fourth-order valence-electron chi connectivity index (χ4n) is 1.78. The molecule has 19 heavy (non-hydrogen) atoms. The van der Waals surface area contributed by atoms with Crippen molar-refractivity contribution < 1.29 is 13.4 Å². The first-order chi connectivity index (χ1) is 8.95. The molecular formula is C12H9ClFNO3S. The molecule has 0 spiro atoms. The molecule has 7 heteroatoms. The number of hydrogen-bond donors (Lipinski definition) is 1. The number of hydrogen-bond acceptors (Lipinski definition) is 4. The first-order valence-corrected chi connectivity index (χ1v) is 6.75. The number of carbonyl (C=O) groups is 1. The van der Waals surface area contributed by atoms with Crippen LogP contribution in [0.5, 0.6) is 5.75 Å². The zero-order chi connectivity index (χ0) is 14.2. The SMILES string of the molecule is CSOc1c(C(C)=O)c(=O)[nH]c2c(Cl)cc(F)cc12. The second kappa shape index (κ2) is 5.22. The minimum absolute atomic E-state index is 0.0279. The fraction of sp³-hybridized carbons (Fsp3) is 0.167. The molecule has 4 nitrogen and oxygen atoms in total. The highest BCUT2D eigenvalue weighted by atomic mass is 35.5. The standard InChI is InChI=1S/C12H9ClFNO3S/c1-5(16)9-11(18-19-2)7-3-6(14)4-8(13)10(7)15-12(9)17/h3-4H,1-2H3,(H,15,17). The van der Waals surface area contributed by atoms with Crippen molar-refractivity contribution in [2.75, 3.05) is 6.26 Å². The quantitative estimate of drug-likeness (QED) is 0.699. The molecular weight excluding hydrogens is 293 g/mol. The molecule has 1 aromatic carbocycles. The molecule has 0 unspecified atom stereocenters. The van der Waals surface area contributed by atoms with Crippen LogP contribution in [0.25, 0.3) is 10.9 Å². The Balaban J connectivity index is 2.98. The van der Waals surface area contributed by atoms with Gasteiger partial charge in [0.05, 0.1) is 22.6 Å². The molecule has 0 amide bonds. The van der Waals surface area contributed by atoms with Crippen LogP contribution in [-0.2, 0) is 0 Å². The molecule has 0 radical (unpaired) electrons. The number of ketones is 1. The number of halogens is 2. The summed E-state index contributed by atoms with van der Waals surface area (Å²) in [5.41, 5.74) is -0.525. The Labute approximate surface area is 117 Å². The van der Waals surface area contributed by atoms with Gasteiger partial charge in [0.2, 0.25) is 0 Å². The molecule has 0 fully saturated rings. The van der Waals surface area contributed by atoms with Gasteiger partial charge in [-0.2, -0.15) is 0 Å². The summed E-state index contributed by atoms with van der Waals surface area (Å²) in [6.07, 6.45) is 1.62. The van der Waals surface area contributed by atoms with Crippen molar-refractivity contribution in [1.29, 1.82) is 0 Å². The molecule has 2 aromatic rings. The van der Waals surface area contributed by atoms with Gasteiger partial charge in [-0.1, -0.05) is 11.6 Å². The molecule has 0 saturated heterocycles. The van der Waals surface area contributed by atoms with E-state index in [-0.39, 0.29) is 27.2 Å². The van der Waals surface area contributed by atoms with Crippen LogP contribution in [0.4, 0.5) is 4.39 Å². The van der Waals surface area contributed by atoms with Gasteiger partial charge in [-0.05, 0) is 19.1 Å². The number of H-pyrrole nitrogens is 1. The second-order valence-corrected chi connectivity index (χ2v) is 4.68. The van der Waals surface area contributed by atoms with Crippen LogP contribution in [0.3, 0.4) is 0 Å². The van der Waals surface area contributed by atoms with Crippen molar-refractivity contribution in [3.63, 3.8) is 0 Å². The van der Waals surface area contributed by atoms with Crippen LogP contribution >= 0.6 is 23.6 Å². The van der Waals surface area contributed by atoms with Crippen LogP contribution in [0.2, 0.25) is 5.02 Å². The first kappa shape index (κ1) is 13.9. The van der Waals surface area contributed by atoms with Gasteiger partial charge < -0.3 is 9.17 Å². The number of rotatable bonds is 3. The van der Waals surface area contributed by atoms with E-state index in [1.165, 1.54) is 6.92 Å². The molecule has 1 aromatic heterocycles. The summed E-state index contributed by atoms with van der Waals surface area (Å²) in [5.74, 6) is -1.02. The van der Waals surface area contributed by atoms with Crippen LogP contribution in [-0.4, -0.2) is 17.0 Å². The minimum Gasteiger partial charge on any atom is -0.424 e. The summed E-state index contributed by atoms with van der Waals surface area (Å²) in [6, 6.07) is 2.24. The zero-order valence-corrected chi connectivity index (χ0v) is 11.6. The van der Waals surface area contributed by atoms with Gasteiger partial charge in [-0.3, -0.25) is 9.59 Å². The Morgan fingerprint density at radius 1 is 1.47 bits per heavy atom. The number of aromatic nitrogens is 1. The van der Waals surface area contributed by atoms with Crippen molar-refractivity contribution in [2.24, 2.45) is 0 Å². The molecule has 0 saturated carbocycles. The van der Waals surface area contributed by atoms with Gasteiger partial charge >= 0.3 is 0 Å². The molecule has 0 atom stereocenters. The summed E-state index contributed by atoms with van der Waals surface area (Å²) >= 11 is 6.83. The van der Waals surface area contributed by atoms with E-state index in [1.54, 1.807) is 6.26 Å². The summed E-state index contributed by atoms with van der Waals surface area (Å²) in [7, 11) is 0. The number of aromatic amines is 1. The van der Waals surface area contributed by atoms with E-state index in [0.29, 0.717) is 0 Å². The van der Waals surface area contributed by atoms with E-state index in [2.05, 4.69) is 4.98 Å². The average molecular weight is 302 g/mol.